The Hall–Kier alpha value is -2.26. The molecule has 1 aliphatic carbocycles. The van der Waals surface area contributed by atoms with E-state index in [-0.39, 0.29) is 5.78 Å². The maximum absolute atomic E-state index is 12.0. The summed E-state index contributed by atoms with van der Waals surface area (Å²) in [5.74, 6) is 0.136. The molecule has 0 unspecified atom stereocenters. The second kappa shape index (κ2) is 5.74. The number of fused-ring (bicyclic) bond motifs is 3. The normalized spacial score (nSPS) is 13.0. The number of carbonyl (C=O) groups is 1. The summed E-state index contributed by atoms with van der Waals surface area (Å²) in [7, 11) is -4.12. The molecule has 0 aliphatic heterocycles. The van der Waals surface area contributed by atoms with Gasteiger partial charge in [-0.05, 0) is 12.1 Å². The monoisotopic (exact) mass is 345 g/mol. The highest BCUT2D eigenvalue weighted by atomic mass is 32.2. The Morgan fingerprint density at radius 3 is 2.00 bits per heavy atom. The predicted octanol–water partition coefficient (Wildman–Crippen LogP) is 1.77. The van der Waals surface area contributed by atoms with E-state index in [2.05, 4.69) is 0 Å². The van der Waals surface area contributed by atoms with Crippen molar-refractivity contribution < 1.29 is 35.5 Å². The van der Waals surface area contributed by atoms with Gasteiger partial charge < -0.3 is 4.55 Å². The third-order valence-electron chi connectivity index (χ3n) is 3.14. The smallest absolute Gasteiger partial charge is 0.485 e. The molecule has 0 atom stereocenters. The van der Waals surface area contributed by atoms with E-state index in [1.807, 2.05) is 54.2 Å². The number of hydrogen-bond donors (Lipinski definition) is 0. The number of alkyl halides is 3. The van der Waals surface area contributed by atoms with Crippen LogP contribution in [0.25, 0.3) is 11.3 Å². The van der Waals surface area contributed by atoms with Crippen molar-refractivity contribution in [1.82, 2.24) is 0 Å². The Morgan fingerprint density at radius 1 is 1.00 bits per heavy atom. The summed E-state index contributed by atoms with van der Waals surface area (Å²) in [4.78, 5) is 12.0. The highest BCUT2D eigenvalue weighted by Gasteiger charge is 2.37. The quantitative estimate of drug-likeness (QED) is 0.353. The number of pyridine rings is 1. The summed E-state index contributed by atoms with van der Waals surface area (Å²) in [5.41, 5.74) is -1.96. The lowest BCUT2D eigenvalue weighted by molar-refractivity contribution is -0.660. The zero-order valence-corrected chi connectivity index (χ0v) is 12.5. The van der Waals surface area contributed by atoms with E-state index in [1.54, 1.807) is 0 Å². The van der Waals surface area contributed by atoms with Crippen molar-refractivity contribution in [1.29, 1.82) is 0 Å². The molecule has 0 N–H and O–H groups in total. The van der Waals surface area contributed by atoms with Gasteiger partial charge in [0.05, 0.1) is 11.1 Å². The van der Waals surface area contributed by atoms with Crippen LogP contribution in [0.5, 0.6) is 0 Å². The summed E-state index contributed by atoms with van der Waals surface area (Å²) < 4.78 is 60.9. The SMILES string of the molecule is C[n+]1cccc2c1-c1ccccc1C2=O.O=S(=O)([O-])C(F)(F)F. The minimum Gasteiger partial charge on any atom is -0.741 e. The second-order valence-corrected chi connectivity index (χ2v) is 6.03. The van der Waals surface area contributed by atoms with E-state index < -0.39 is 15.6 Å². The zero-order valence-electron chi connectivity index (χ0n) is 11.7. The van der Waals surface area contributed by atoms with Gasteiger partial charge in [-0.25, -0.2) is 13.0 Å². The van der Waals surface area contributed by atoms with Crippen LogP contribution in [-0.4, -0.2) is 24.3 Å². The highest BCUT2D eigenvalue weighted by molar-refractivity contribution is 7.86. The van der Waals surface area contributed by atoms with Crippen LogP contribution >= 0.6 is 0 Å². The molecule has 0 amide bonds. The van der Waals surface area contributed by atoms with Crippen molar-refractivity contribution in [2.24, 2.45) is 7.05 Å². The van der Waals surface area contributed by atoms with E-state index in [0.29, 0.717) is 0 Å². The topological polar surface area (TPSA) is 78.1 Å². The van der Waals surface area contributed by atoms with Gasteiger partial charge >= 0.3 is 5.51 Å². The lowest BCUT2D eigenvalue weighted by Gasteiger charge is -2.08. The molecule has 0 fully saturated rings. The summed E-state index contributed by atoms with van der Waals surface area (Å²) in [6.45, 7) is 0. The maximum Gasteiger partial charge on any atom is 0.485 e. The standard InChI is InChI=1S/C13H10NO.CHF3O3S/c1-14-8-4-7-11-12(14)9-5-2-3-6-10(9)13(11)15;2-1(3,4)8(5,6)7/h2-8H,1H3;(H,5,6,7)/q+1;/p-1. The van der Waals surface area contributed by atoms with E-state index in [4.69, 9.17) is 13.0 Å². The van der Waals surface area contributed by atoms with Crippen LogP contribution in [0.4, 0.5) is 13.2 Å². The summed E-state index contributed by atoms with van der Waals surface area (Å²) >= 11 is 0. The van der Waals surface area contributed by atoms with Gasteiger partial charge in [-0.3, -0.25) is 4.79 Å². The molecule has 5 nitrogen and oxygen atoms in total. The van der Waals surface area contributed by atoms with Crippen molar-refractivity contribution in [2.45, 2.75) is 5.51 Å². The molecule has 1 aliphatic rings. The van der Waals surface area contributed by atoms with Crippen molar-refractivity contribution in [3.63, 3.8) is 0 Å². The number of hydrogen-bond acceptors (Lipinski definition) is 4. The fourth-order valence-electron chi connectivity index (χ4n) is 2.16. The lowest BCUT2D eigenvalue weighted by Crippen LogP contribution is -2.30. The van der Waals surface area contributed by atoms with Crippen LogP contribution in [0, 0.1) is 0 Å². The van der Waals surface area contributed by atoms with Gasteiger partial charge in [0.15, 0.2) is 16.3 Å². The largest absolute Gasteiger partial charge is 0.741 e. The Labute approximate surface area is 129 Å². The molecule has 0 spiro atoms. The number of ketones is 1. The first kappa shape index (κ1) is 17.1. The van der Waals surface area contributed by atoms with Crippen LogP contribution < -0.4 is 4.57 Å². The highest BCUT2D eigenvalue weighted by Crippen LogP contribution is 2.33. The number of rotatable bonds is 0. The summed E-state index contributed by atoms with van der Waals surface area (Å²) in [6, 6.07) is 11.5. The molecule has 0 saturated carbocycles. The maximum atomic E-state index is 12.0. The van der Waals surface area contributed by atoms with E-state index in [0.717, 1.165) is 22.4 Å². The third kappa shape index (κ3) is 3.25. The third-order valence-corrected chi connectivity index (χ3v) is 3.70. The Bertz CT molecular complexity index is 876. The van der Waals surface area contributed by atoms with Gasteiger partial charge in [0.1, 0.15) is 7.05 Å². The van der Waals surface area contributed by atoms with Gasteiger partial charge in [-0.1, -0.05) is 18.2 Å². The van der Waals surface area contributed by atoms with Gasteiger partial charge in [0, 0.05) is 11.6 Å². The molecule has 1 heterocycles. The molecule has 0 radical (unpaired) electrons. The number of aromatic nitrogens is 1. The van der Waals surface area contributed by atoms with Crippen molar-refractivity contribution in [3.8, 4) is 11.3 Å². The minimum absolute atomic E-state index is 0.136. The molecule has 1 aromatic carbocycles. The average molecular weight is 345 g/mol. The Kier molecular flexibility index (Phi) is 4.27. The number of aryl methyl sites for hydroxylation is 1. The van der Waals surface area contributed by atoms with Crippen molar-refractivity contribution in [3.05, 3.63) is 53.7 Å². The molecule has 1 aromatic heterocycles. The summed E-state index contributed by atoms with van der Waals surface area (Å²) in [6.07, 6.45) is 1.97. The van der Waals surface area contributed by atoms with Crippen LogP contribution in [-0.2, 0) is 17.2 Å². The molecule has 3 rings (SSSR count). The van der Waals surface area contributed by atoms with Crippen LogP contribution in [0.1, 0.15) is 15.9 Å². The molecule has 0 saturated heterocycles. The fourth-order valence-corrected chi connectivity index (χ4v) is 2.16. The van der Waals surface area contributed by atoms with E-state index >= 15 is 0 Å². The predicted molar refractivity (Wildman–Crippen MR) is 72.2 cm³/mol. The molecular weight excluding hydrogens is 335 g/mol. The number of benzene rings is 1. The first-order valence-corrected chi connectivity index (χ1v) is 7.60. The zero-order chi connectivity index (χ0) is 17.4. The van der Waals surface area contributed by atoms with Crippen LogP contribution in [0.3, 0.4) is 0 Å². The number of halogens is 3. The van der Waals surface area contributed by atoms with Crippen molar-refractivity contribution in [2.75, 3.05) is 0 Å². The van der Waals surface area contributed by atoms with Crippen LogP contribution in [0.2, 0.25) is 0 Å². The number of nitrogens with zero attached hydrogens (tertiary/aromatic N) is 1. The fraction of sp³-hybridized carbons (Fsp3) is 0.143. The Balaban J connectivity index is 0.000000207. The van der Waals surface area contributed by atoms with E-state index in [9.17, 15) is 18.0 Å². The lowest BCUT2D eigenvalue weighted by atomic mass is 10.1. The Morgan fingerprint density at radius 2 is 1.48 bits per heavy atom. The minimum atomic E-state index is -6.09. The summed E-state index contributed by atoms with van der Waals surface area (Å²) in [5, 5.41) is 0. The molecule has 23 heavy (non-hydrogen) atoms. The number of carbonyl (C=O) groups excluding carboxylic acids is 1. The van der Waals surface area contributed by atoms with Gasteiger partial charge in [0.2, 0.25) is 11.5 Å². The van der Waals surface area contributed by atoms with Gasteiger partial charge in [-0.15, -0.1) is 0 Å². The van der Waals surface area contributed by atoms with E-state index in [1.165, 1.54) is 0 Å². The van der Waals surface area contributed by atoms with Gasteiger partial charge in [-0.2, -0.15) is 13.2 Å². The second-order valence-electron chi connectivity index (χ2n) is 4.66. The average Bonchev–Trinajstić information content (AvgIpc) is 2.73. The molecular formula is C14H10F3NO4S. The van der Waals surface area contributed by atoms with Crippen LogP contribution in [0.15, 0.2) is 42.6 Å². The van der Waals surface area contributed by atoms with Gasteiger partial charge in [0.25, 0.3) is 0 Å². The first-order valence-electron chi connectivity index (χ1n) is 6.19. The first-order chi connectivity index (χ1) is 10.5. The molecule has 0 bridgehead atoms. The molecule has 122 valence electrons. The van der Waals surface area contributed by atoms with Crippen molar-refractivity contribution >= 4 is 15.9 Å². The molecule has 2 aromatic rings. The molecule has 9 heteroatoms.